The Balaban J connectivity index is 2.31. The van der Waals surface area contributed by atoms with Gasteiger partial charge in [-0.15, -0.1) is 11.3 Å². The van der Waals surface area contributed by atoms with Crippen LogP contribution in [0.2, 0.25) is 5.15 Å². The van der Waals surface area contributed by atoms with Crippen LogP contribution in [0, 0.1) is 12.7 Å². The van der Waals surface area contributed by atoms with Gasteiger partial charge < -0.3 is 0 Å². The first-order valence-electron chi connectivity index (χ1n) is 5.44. The smallest absolute Gasteiger partial charge is 0.166 e. The Morgan fingerprint density at radius 1 is 1.32 bits per heavy atom. The third kappa shape index (κ3) is 2.26. The van der Waals surface area contributed by atoms with Crippen LogP contribution in [0.15, 0.2) is 28.7 Å². The van der Waals surface area contributed by atoms with Crippen molar-refractivity contribution in [1.82, 2.24) is 9.97 Å². The summed E-state index contributed by atoms with van der Waals surface area (Å²) in [7, 11) is 0. The molecule has 2 heterocycles. The Morgan fingerprint density at radius 2 is 2.11 bits per heavy atom. The lowest BCUT2D eigenvalue weighted by atomic mass is 10.2. The molecular weight excluding hydrogens is 351 g/mol. The molecule has 0 aliphatic heterocycles. The molecule has 0 aliphatic rings. The Morgan fingerprint density at radius 3 is 2.84 bits per heavy atom. The first kappa shape index (κ1) is 13.0. The van der Waals surface area contributed by atoms with Crippen LogP contribution in [0.5, 0.6) is 0 Å². The van der Waals surface area contributed by atoms with Gasteiger partial charge in [0.25, 0.3) is 0 Å². The zero-order chi connectivity index (χ0) is 13.6. The first-order valence-corrected chi connectivity index (χ1v) is 7.43. The highest BCUT2D eigenvalue weighted by Gasteiger charge is 2.15. The number of fused-ring (bicyclic) bond motifs is 1. The van der Waals surface area contributed by atoms with E-state index in [1.54, 1.807) is 12.1 Å². The fourth-order valence-electron chi connectivity index (χ4n) is 1.83. The second-order valence-corrected chi connectivity index (χ2v) is 6.46. The van der Waals surface area contributed by atoms with Gasteiger partial charge in [0.15, 0.2) is 5.82 Å². The van der Waals surface area contributed by atoms with Gasteiger partial charge in [-0.1, -0.05) is 17.7 Å². The molecule has 0 unspecified atom stereocenters. The molecule has 2 aromatic heterocycles. The lowest BCUT2D eigenvalue weighted by molar-refractivity contribution is 0.629. The van der Waals surface area contributed by atoms with E-state index in [0.717, 1.165) is 15.1 Å². The van der Waals surface area contributed by atoms with E-state index in [-0.39, 0.29) is 5.82 Å². The summed E-state index contributed by atoms with van der Waals surface area (Å²) in [4.78, 5) is 10.5. The summed E-state index contributed by atoms with van der Waals surface area (Å²) in [6, 6.07) is 6.68. The van der Waals surface area contributed by atoms with Crippen molar-refractivity contribution in [2.75, 3.05) is 0 Å². The molecule has 0 radical (unpaired) electrons. The van der Waals surface area contributed by atoms with Crippen molar-refractivity contribution in [3.8, 4) is 11.4 Å². The molecule has 0 atom stereocenters. The molecule has 0 spiro atoms. The summed E-state index contributed by atoms with van der Waals surface area (Å²) >= 11 is 11.0. The molecule has 2 nitrogen and oxygen atoms in total. The van der Waals surface area contributed by atoms with Gasteiger partial charge in [0, 0.05) is 14.7 Å². The molecule has 96 valence electrons. The largest absolute Gasteiger partial charge is 0.217 e. The van der Waals surface area contributed by atoms with E-state index < -0.39 is 0 Å². The second kappa shape index (κ2) is 4.81. The van der Waals surface area contributed by atoms with Gasteiger partial charge in [-0.25, -0.2) is 14.4 Å². The number of nitrogens with zero attached hydrogens (tertiary/aromatic N) is 2. The maximum Gasteiger partial charge on any atom is 0.166 e. The molecule has 0 saturated heterocycles. The van der Waals surface area contributed by atoms with E-state index in [1.165, 1.54) is 17.4 Å². The van der Waals surface area contributed by atoms with Crippen LogP contribution in [0.1, 0.15) is 4.88 Å². The summed E-state index contributed by atoms with van der Waals surface area (Å²) < 4.78 is 14.5. The maximum atomic E-state index is 13.9. The van der Waals surface area contributed by atoms with E-state index in [1.807, 2.05) is 13.0 Å². The zero-order valence-electron chi connectivity index (χ0n) is 9.75. The van der Waals surface area contributed by atoms with Crippen molar-refractivity contribution in [3.63, 3.8) is 0 Å². The van der Waals surface area contributed by atoms with Gasteiger partial charge in [-0.05, 0) is 41.1 Å². The number of benzene rings is 1. The van der Waals surface area contributed by atoms with Crippen LogP contribution in [0.25, 0.3) is 21.6 Å². The SMILES string of the molecule is Cc1cc2c(Cl)nc(-c3c(F)cccc3Br)nc2s1. The zero-order valence-corrected chi connectivity index (χ0v) is 12.9. The molecule has 0 bridgehead atoms. The molecule has 6 heteroatoms. The average Bonchev–Trinajstić information content (AvgIpc) is 2.70. The number of halogens is 3. The quantitative estimate of drug-likeness (QED) is 0.558. The van der Waals surface area contributed by atoms with E-state index >= 15 is 0 Å². The van der Waals surface area contributed by atoms with Crippen LogP contribution >= 0.6 is 38.9 Å². The normalized spacial score (nSPS) is 11.2. The third-order valence-corrected chi connectivity index (χ3v) is 4.55. The van der Waals surface area contributed by atoms with Gasteiger partial charge in [-0.2, -0.15) is 0 Å². The minimum atomic E-state index is -0.377. The van der Waals surface area contributed by atoms with Crippen LogP contribution < -0.4 is 0 Å². The van der Waals surface area contributed by atoms with Crippen molar-refractivity contribution >= 4 is 49.1 Å². The minimum Gasteiger partial charge on any atom is -0.217 e. The summed E-state index contributed by atoms with van der Waals surface area (Å²) in [5.74, 6) is -0.0811. The van der Waals surface area contributed by atoms with Crippen LogP contribution in [0.4, 0.5) is 4.39 Å². The van der Waals surface area contributed by atoms with Gasteiger partial charge in [0.2, 0.25) is 0 Å². The highest BCUT2D eigenvalue weighted by atomic mass is 79.9. The van der Waals surface area contributed by atoms with E-state index in [0.29, 0.717) is 21.0 Å². The molecule has 1 aromatic carbocycles. The molecule has 0 saturated carbocycles. The monoisotopic (exact) mass is 356 g/mol. The number of thiophene rings is 1. The van der Waals surface area contributed by atoms with Crippen molar-refractivity contribution in [2.45, 2.75) is 6.92 Å². The number of hydrogen-bond acceptors (Lipinski definition) is 3. The predicted molar refractivity (Wildman–Crippen MR) is 80.3 cm³/mol. The lowest BCUT2D eigenvalue weighted by Gasteiger charge is -2.05. The summed E-state index contributed by atoms with van der Waals surface area (Å²) in [5.41, 5.74) is 0.331. The van der Waals surface area contributed by atoms with E-state index in [9.17, 15) is 4.39 Å². The van der Waals surface area contributed by atoms with Crippen LogP contribution in [-0.2, 0) is 0 Å². The first-order chi connectivity index (χ1) is 9.06. The summed E-state index contributed by atoms with van der Waals surface area (Å²) in [6.45, 7) is 1.97. The molecule has 0 N–H and O–H groups in total. The lowest BCUT2D eigenvalue weighted by Crippen LogP contribution is -1.93. The highest BCUT2D eigenvalue weighted by molar-refractivity contribution is 9.10. The minimum absolute atomic E-state index is 0.296. The number of aromatic nitrogens is 2. The maximum absolute atomic E-state index is 13.9. The van der Waals surface area contributed by atoms with Gasteiger partial charge in [-0.3, -0.25) is 0 Å². The average molecular weight is 358 g/mol. The Hall–Kier alpha value is -1.04. The second-order valence-electron chi connectivity index (χ2n) is 4.01. The van der Waals surface area contributed by atoms with Gasteiger partial charge >= 0.3 is 0 Å². The number of hydrogen-bond donors (Lipinski definition) is 0. The summed E-state index contributed by atoms with van der Waals surface area (Å²) in [5, 5.41) is 1.15. The van der Waals surface area contributed by atoms with E-state index in [2.05, 4.69) is 25.9 Å². The Kier molecular flexibility index (Phi) is 3.28. The molecule has 3 aromatic rings. The molecule has 3 rings (SSSR count). The molecule has 0 aliphatic carbocycles. The number of rotatable bonds is 1. The highest BCUT2D eigenvalue weighted by Crippen LogP contribution is 2.34. The third-order valence-electron chi connectivity index (χ3n) is 2.66. The van der Waals surface area contributed by atoms with E-state index in [4.69, 9.17) is 11.6 Å². The fourth-order valence-corrected chi connectivity index (χ4v) is 3.51. The Labute approximate surface area is 126 Å². The molecule has 0 amide bonds. The fraction of sp³-hybridized carbons (Fsp3) is 0.0769. The number of aryl methyl sites for hydroxylation is 1. The molecule has 0 fully saturated rings. The van der Waals surface area contributed by atoms with Crippen molar-refractivity contribution < 1.29 is 4.39 Å². The van der Waals surface area contributed by atoms with Crippen molar-refractivity contribution in [2.24, 2.45) is 0 Å². The topological polar surface area (TPSA) is 25.8 Å². The van der Waals surface area contributed by atoms with Crippen LogP contribution in [0.3, 0.4) is 0 Å². The predicted octanol–water partition coefficient (Wildman–Crippen LogP) is 5.22. The molecular formula is C13H7BrClFN2S. The van der Waals surface area contributed by atoms with Crippen LogP contribution in [-0.4, -0.2) is 9.97 Å². The summed E-state index contributed by atoms with van der Waals surface area (Å²) in [6.07, 6.45) is 0. The van der Waals surface area contributed by atoms with Crippen molar-refractivity contribution in [3.05, 3.63) is 44.6 Å². The standard InChI is InChI=1S/C13H7BrClFN2S/c1-6-5-7-11(15)17-12(18-13(7)19-6)10-8(14)3-2-4-9(10)16/h2-5H,1H3. The van der Waals surface area contributed by atoms with Crippen molar-refractivity contribution in [1.29, 1.82) is 0 Å². The van der Waals surface area contributed by atoms with Gasteiger partial charge in [0.05, 0.1) is 5.56 Å². The van der Waals surface area contributed by atoms with Gasteiger partial charge in [0.1, 0.15) is 15.8 Å². The Bertz CT molecular complexity index is 767. The molecule has 19 heavy (non-hydrogen) atoms.